The molecule has 5 nitrogen and oxygen atoms in total. The zero-order valence-electron chi connectivity index (χ0n) is 9.55. The summed E-state index contributed by atoms with van der Waals surface area (Å²) in [6.45, 7) is 1.85. The Kier molecular flexibility index (Phi) is 3.53. The Morgan fingerprint density at radius 1 is 1.44 bits per heavy atom. The van der Waals surface area contributed by atoms with Gasteiger partial charge in [0.15, 0.2) is 6.04 Å². The molecule has 2 amide bonds. The molecule has 1 aromatic carbocycles. The van der Waals surface area contributed by atoms with Crippen LogP contribution in [0.15, 0.2) is 40.6 Å². The third-order valence-corrected chi connectivity index (χ3v) is 2.66. The number of benzene rings is 1. The highest BCUT2D eigenvalue weighted by Crippen LogP contribution is 2.20. The molecule has 1 N–H and O–H groups in total. The van der Waals surface area contributed by atoms with E-state index in [1.807, 2.05) is 6.92 Å². The topological polar surface area (TPSA) is 70.9 Å². The first-order valence-corrected chi connectivity index (χ1v) is 5.64. The van der Waals surface area contributed by atoms with Gasteiger partial charge in [-0.1, -0.05) is 17.7 Å². The fourth-order valence-corrected chi connectivity index (χ4v) is 1.61. The molecule has 1 heterocycles. The number of hydrogen-bond donors (Lipinski definition) is 1. The number of hydrogen-bond acceptors (Lipinski definition) is 3. The lowest BCUT2D eigenvalue weighted by Crippen LogP contribution is -2.26. The smallest absolute Gasteiger partial charge is 0.287 e. The maximum atomic E-state index is 11.9. The summed E-state index contributed by atoms with van der Waals surface area (Å²) in [6, 6.07) is 4.43. The van der Waals surface area contributed by atoms with Crippen LogP contribution in [-0.2, 0) is 9.59 Å². The Bertz CT molecular complexity index is 550. The highest BCUT2D eigenvalue weighted by atomic mass is 35.5. The van der Waals surface area contributed by atoms with Crippen LogP contribution in [0.5, 0.6) is 0 Å². The van der Waals surface area contributed by atoms with Gasteiger partial charge in [0.1, 0.15) is 0 Å². The minimum absolute atomic E-state index is 0.354. The molecule has 2 rings (SSSR count). The minimum atomic E-state index is -0.777. The molecular weight excluding hydrogens is 254 g/mol. The van der Waals surface area contributed by atoms with E-state index in [1.54, 1.807) is 18.2 Å². The third kappa shape index (κ3) is 2.81. The summed E-state index contributed by atoms with van der Waals surface area (Å²) in [5.74, 6) is -0.814. The van der Waals surface area contributed by atoms with Gasteiger partial charge in [-0.15, -0.1) is 5.11 Å². The van der Waals surface area contributed by atoms with E-state index in [0.717, 1.165) is 5.56 Å². The molecule has 92 valence electrons. The number of nitrogens with zero attached hydrogens (tertiary/aromatic N) is 2. The van der Waals surface area contributed by atoms with Crippen molar-refractivity contribution in [3.63, 3.8) is 0 Å². The summed E-state index contributed by atoms with van der Waals surface area (Å²) in [5, 5.41) is 10.2. The van der Waals surface area contributed by atoms with Crippen molar-refractivity contribution in [2.45, 2.75) is 13.0 Å². The van der Waals surface area contributed by atoms with Gasteiger partial charge in [0, 0.05) is 16.8 Å². The monoisotopic (exact) mass is 263 g/mol. The zero-order chi connectivity index (χ0) is 13.1. The molecule has 1 aromatic rings. The first kappa shape index (κ1) is 12.4. The van der Waals surface area contributed by atoms with E-state index in [9.17, 15) is 9.59 Å². The van der Waals surface area contributed by atoms with Crippen molar-refractivity contribution in [1.82, 2.24) is 0 Å². The number of halogens is 1. The van der Waals surface area contributed by atoms with Crippen LogP contribution in [0.1, 0.15) is 5.56 Å². The summed E-state index contributed by atoms with van der Waals surface area (Å²) in [5.41, 5.74) is 1.51. The first-order chi connectivity index (χ1) is 8.56. The second kappa shape index (κ2) is 5.10. The molecule has 1 unspecified atom stereocenters. The Morgan fingerprint density at radius 3 is 2.89 bits per heavy atom. The lowest BCUT2D eigenvalue weighted by atomic mass is 10.2. The quantitative estimate of drug-likeness (QED) is 0.890. The van der Waals surface area contributed by atoms with Gasteiger partial charge < -0.3 is 5.32 Å². The van der Waals surface area contributed by atoms with Crippen LogP contribution in [0.3, 0.4) is 0 Å². The van der Waals surface area contributed by atoms with Crippen LogP contribution < -0.4 is 5.32 Å². The molecule has 1 aliphatic heterocycles. The summed E-state index contributed by atoms with van der Waals surface area (Å²) in [7, 11) is 0. The SMILES string of the molecule is Cc1ccc(Cl)cc1NC(=O)C1C=CC(=O)N=N1. The summed E-state index contributed by atoms with van der Waals surface area (Å²) in [6.07, 6.45) is 2.63. The van der Waals surface area contributed by atoms with Gasteiger partial charge in [0.2, 0.25) is 0 Å². The number of anilines is 1. The van der Waals surface area contributed by atoms with E-state index in [4.69, 9.17) is 11.6 Å². The fourth-order valence-electron chi connectivity index (χ4n) is 1.44. The Labute approximate surface area is 109 Å². The maximum Gasteiger partial charge on any atom is 0.287 e. The van der Waals surface area contributed by atoms with Gasteiger partial charge in [-0.2, -0.15) is 5.11 Å². The van der Waals surface area contributed by atoms with E-state index in [0.29, 0.717) is 10.7 Å². The Hall–Kier alpha value is -2.01. The molecule has 1 atom stereocenters. The Balaban J connectivity index is 2.12. The van der Waals surface area contributed by atoms with E-state index >= 15 is 0 Å². The first-order valence-electron chi connectivity index (χ1n) is 5.26. The molecule has 0 radical (unpaired) electrons. The molecule has 0 bridgehead atoms. The third-order valence-electron chi connectivity index (χ3n) is 2.43. The van der Waals surface area contributed by atoms with Crippen molar-refractivity contribution in [3.8, 4) is 0 Å². The predicted octanol–water partition coefficient (Wildman–Crippen LogP) is 2.50. The van der Waals surface area contributed by atoms with Crippen LogP contribution in [0.4, 0.5) is 5.69 Å². The number of carbonyl (C=O) groups excluding carboxylic acids is 2. The summed E-state index contributed by atoms with van der Waals surface area (Å²) in [4.78, 5) is 22.7. The number of rotatable bonds is 2. The lowest BCUT2D eigenvalue weighted by Gasteiger charge is -2.12. The van der Waals surface area contributed by atoms with Gasteiger partial charge in [0.25, 0.3) is 11.8 Å². The van der Waals surface area contributed by atoms with Gasteiger partial charge in [-0.25, -0.2) is 0 Å². The number of amides is 2. The lowest BCUT2D eigenvalue weighted by molar-refractivity contribution is -0.117. The molecule has 0 saturated carbocycles. The number of nitrogens with one attached hydrogen (secondary N) is 1. The number of carbonyl (C=O) groups is 2. The Morgan fingerprint density at radius 2 is 2.22 bits per heavy atom. The molecule has 1 aliphatic rings. The molecule has 0 spiro atoms. The van der Waals surface area contributed by atoms with Gasteiger partial charge in [-0.05, 0) is 30.7 Å². The minimum Gasteiger partial charge on any atom is -0.324 e. The van der Waals surface area contributed by atoms with Crippen molar-refractivity contribution < 1.29 is 9.59 Å². The second-order valence-corrected chi connectivity index (χ2v) is 4.24. The van der Waals surface area contributed by atoms with Gasteiger partial charge in [0.05, 0.1) is 0 Å². The molecule has 0 aliphatic carbocycles. The molecular formula is C12H10ClN3O2. The summed E-state index contributed by atoms with van der Waals surface area (Å²) >= 11 is 5.85. The van der Waals surface area contributed by atoms with E-state index in [2.05, 4.69) is 15.5 Å². The van der Waals surface area contributed by atoms with Crippen LogP contribution in [0.2, 0.25) is 5.02 Å². The summed E-state index contributed by atoms with van der Waals surface area (Å²) < 4.78 is 0. The largest absolute Gasteiger partial charge is 0.324 e. The molecule has 0 aromatic heterocycles. The van der Waals surface area contributed by atoms with E-state index < -0.39 is 11.9 Å². The van der Waals surface area contributed by atoms with Gasteiger partial charge >= 0.3 is 0 Å². The van der Waals surface area contributed by atoms with Crippen LogP contribution in [-0.4, -0.2) is 17.9 Å². The molecule has 6 heteroatoms. The van der Waals surface area contributed by atoms with Crippen molar-refractivity contribution in [2.24, 2.45) is 10.2 Å². The van der Waals surface area contributed by atoms with Crippen molar-refractivity contribution in [3.05, 3.63) is 40.9 Å². The van der Waals surface area contributed by atoms with Gasteiger partial charge in [-0.3, -0.25) is 9.59 Å². The van der Waals surface area contributed by atoms with Crippen LogP contribution >= 0.6 is 11.6 Å². The average molecular weight is 264 g/mol. The number of azo groups is 1. The van der Waals surface area contributed by atoms with Crippen LogP contribution in [0, 0.1) is 6.92 Å². The van der Waals surface area contributed by atoms with Crippen LogP contribution in [0.25, 0.3) is 0 Å². The van der Waals surface area contributed by atoms with Crippen molar-refractivity contribution in [1.29, 1.82) is 0 Å². The van der Waals surface area contributed by atoms with Crippen molar-refractivity contribution >= 4 is 29.1 Å². The number of aryl methyl sites for hydroxylation is 1. The normalized spacial score (nSPS) is 17.9. The second-order valence-electron chi connectivity index (χ2n) is 3.81. The average Bonchev–Trinajstić information content (AvgIpc) is 2.34. The highest BCUT2D eigenvalue weighted by Gasteiger charge is 2.18. The molecule has 0 fully saturated rings. The van der Waals surface area contributed by atoms with Crippen molar-refractivity contribution in [2.75, 3.05) is 5.32 Å². The van der Waals surface area contributed by atoms with E-state index in [-0.39, 0.29) is 5.91 Å². The maximum absolute atomic E-state index is 11.9. The highest BCUT2D eigenvalue weighted by molar-refractivity contribution is 6.31. The standard InChI is InChI=1S/C12H10ClN3O2/c1-7-2-3-8(13)6-10(7)14-12(18)9-4-5-11(17)16-15-9/h2-6,9H,1H3,(H,14,18). The fraction of sp³-hybridized carbons (Fsp3) is 0.167. The molecule has 18 heavy (non-hydrogen) atoms. The predicted molar refractivity (Wildman–Crippen MR) is 67.6 cm³/mol. The molecule has 0 saturated heterocycles. The zero-order valence-corrected chi connectivity index (χ0v) is 10.3. The van der Waals surface area contributed by atoms with E-state index in [1.165, 1.54) is 12.2 Å².